The molecule has 0 spiro atoms. The van der Waals surface area contributed by atoms with Gasteiger partial charge in [-0.25, -0.2) is 0 Å². The normalized spacial score (nSPS) is 20.2. The second-order valence-corrected chi connectivity index (χ2v) is 6.16. The summed E-state index contributed by atoms with van der Waals surface area (Å²) in [5, 5.41) is 3.53. The molecule has 0 radical (unpaired) electrons. The quantitative estimate of drug-likeness (QED) is 0.642. The second kappa shape index (κ2) is 8.89. The number of rotatable bonds is 9. The minimum absolute atomic E-state index is 0.573. The van der Waals surface area contributed by atoms with E-state index in [1.54, 1.807) is 0 Å². The first-order valence-electron chi connectivity index (χ1n) is 7.65. The van der Waals surface area contributed by atoms with E-state index in [1.165, 1.54) is 45.3 Å². The number of hydrogen-bond donors (Lipinski definition) is 1. The molecule has 1 N–H and O–H groups in total. The average Bonchev–Trinajstić information content (AvgIpc) is 2.34. The zero-order chi connectivity index (χ0) is 13.3. The first-order chi connectivity index (χ1) is 8.64. The van der Waals surface area contributed by atoms with Crippen molar-refractivity contribution in [1.82, 2.24) is 10.2 Å². The Morgan fingerprint density at radius 2 is 1.83 bits per heavy atom. The van der Waals surface area contributed by atoms with Gasteiger partial charge in [0.25, 0.3) is 0 Å². The topological polar surface area (TPSA) is 24.5 Å². The smallest absolute Gasteiger partial charge is 0.0466 e. The summed E-state index contributed by atoms with van der Waals surface area (Å²) in [6, 6.07) is 0. The lowest BCUT2D eigenvalue weighted by molar-refractivity contribution is 0.132. The maximum absolute atomic E-state index is 5.32. The highest BCUT2D eigenvalue weighted by Gasteiger charge is 2.24. The number of piperidine rings is 1. The van der Waals surface area contributed by atoms with E-state index >= 15 is 0 Å². The molecule has 0 amide bonds. The van der Waals surface area contributed by atoms with Crippen LogP contribution in [0.3, 0.4) is 0 Å². The Balaban J connectivity index is 1.87. The van der Waals surface area contributed by atoms with E-state index in [-0.39, 0.29) is 0 Å². The molecular weight excluding hydrogens is 224 g/mol. The van der Waals surface area contributed by atoms with Gasteiger partial charge >= 0.3 is 0 Å². The highest BCUT2D eigenvalue weighted by molar-refractivity contribution is 4.78. The van der Waals surface area contributed by atoms with Gasteiger partial charge in [-0.05, 0) is 57.7 Å². The van der Waals surface area contributed by atoms with Crippen molar-refractivity contribution in [2.45, 2.75) is 46.5 Å². The van der Waals surface area contributed by atoms with E-state index in [0.717, 1.165) is 26.3 Å². The maximum atomic E-state index is 5.32. The Kier molecular flexibility index (Phi) is 7.87. The van der Waals surface area contributed by atoms with Gasteiger partial charge in [0.2, 0.25) is 0 Å². The molecule has 0 aromatic rings. The summed E-state index contributed by atoms with van der Waals surface area (Å²) in [4.78, 5) is 2.60. The van der Waals surface area contributed by atoms with Crippen LogP contribution in [0.5, 0.6) is 0 Å². The zero-order valence-electron chi connectivity index (χ0n) is 12.6. The largest absolute Gasteiger partial charge is 0.382 e. The highest BCUT2D eigenvalue weighted by atomic mass is 16.5. The van der Waals surface area contributed by atoms with Crippen molar-refractivity contribution in [2.75, 3.05) is 45.9 Å². The average molecular weight is 256 g/mol. The Morgan fingerprint density at radius 3 is 2.50 bits per heavy atom. The van der Waals surface area contributed by atoms with Crippen molar-refractivity contribution in [1.29, 1.82) is 0 Å². The Hall–Kier alpha value is -0.120. The zero-order valence-corrected chi connectivity index (χ0v) is 12.6. The van der Waals surface area contributed by atoms with Crippen molar-refractivity contribution in [3.8, 4) is 0 Å². The van der Waals surface area contributed by atoms with E-state index in [1.807, 2.05) is 0 Å². The summed E-state index contributed by atoms with van der Waals surface area (Å²) in [5.74, 6) is 0. The Labute approximate surface area is 113 Å². The monoisotopic (exact) mass is 256 g/mol. The molecule has 18 heavy (non-hydrogen) atoms. The molecule has 0 bridgehead atoms. The summed E-state index contributed by atoms with van der Waals surface area (Å²) < 4.78 is 5.32. The second-order valence-electron chi connectivity index (χ2n) is 6.16. The molecule has 0 unspecified atom stereocenters. The van der Waals surface area contributed by atoms with Crippen LogP contribution < -0.4 is 5.32 Å². The molecular formula is C15H32N2O. The van der Waals surface area contributed by atoms with Crippen LogP contribution in [0.2, 0.25) is 0 Å². The lowest BCUT2D eigenvalue weighted by Crippen LogP contribution is -2.40. The lowest BCUT2D eigenvalue weighted by atomic mass is 9.83. The fourth-order valence-electron chi connectivity index (χ4n) is 2.34. The van der Waals surface area contributed by atoms with Crippen LogP contribution in [0.1, 0.15) is 46.5 Å². The van der Waals surface area contributed by atoms with Crippen LogP contribution in [0, 0.1) is 5.41 Å². The minimum atomic E-state index is 0.573. The lowest BCUT2D eigenvalue weighted by Gasteiger charge is -2.36. The van der Waals surface area contributed by atoms with Gasteiger partial charge in [0, 0.05) is 26.3 Å². The standard InChI is InChI=1S/C15H32N2O/c1-4-18-14-6-5-9-16-10-13-17-11-7-15(2,3)8-12-17/h16H,4-14H2,1-3H3. The molecule has 0 atom stereocenters. The highest BCUT2D eigenvalue weighted by Crippen LogP contribution is 2.29. The molecule has 0 aromatic heterocycles. The fourth-order valence-corrected chi connectivity index (χ4v) is 2.34. The van der Waals surface area contributed by atoms with Gasteiger partial charge < -0.3 is 15.0 Å². The van der Waals surface area contributed by atoms with Crippen LogP contribution >= 0.6 is 0 Å². The molecule has 1 fully saturated rings. The molecule has 3 nitrogen and oxygen atoms in total. The summed E-state index contributed by atoms with van der Waals surface area (Å²) in [5.41, 5.74) is 0.573. The van der Waals surface area contributed by atoms with Crippen molar-refractivity contribution >= 4 is 0 Å². The number of ether oxygens (including phenoxy) is 1. The third-order valence-corrected chi connectivity index (χ3v) is 3.91. The van der Waals surface area contributed by atoms with Crippen molar-refractivity contribution in [3.05, 3.63) is 0 Å². The number of unbranched alkanes of at least 4 members (excludes halogenated alkanes) is 1. The molecule has 1 saturated heterocycles. The Bertz CT molecular complexity index is 197. The van der Waals surface area contributed by atoms with Crippen molar-refractivity contribution in [2.24, 2.45) is 5.41 Å². The van der Waals surface area contributed by atoms with Gasteiger partial charge in [-0.1, -0.05) is 13.8 Å². The van der Waals surface area contributed by atoms with E-state index in [9.17, 15) is 0 Å². The predicted octanol–water partition coefficient (Wildman–Crippen LogP) is 2.51. The first kappa shape index (κ1) is 15.9. The summed E-state index contributed by atoms with van der Waals surface area (Å²) in [7, 11) is 0. The molecule has 1 aliphatic rings. The molecule has 1 heterocycles. The van der Waals surface area contributed by atoms with Gasteiger partial charge in [-0.2, -0.15) is 0 Å². The van der Waals surface area contributed by atoms with Crippen LogP contribution in [0.15, 0.2) is 0 Å². The van der Waals surface area contributed by atoms with E-state index in [4.69, 9.17) is 4.74 Å². The van der Waals surface area contributed by atoms with Gasteiger partial charge in [0.15, 0.2) is 0 Å². The van der Waals surface area contributed by atoms with Gasteiger partial charge in [0.05, 0.1) is 0 Å². The van der Waals surface area contributed by atoms with Crippen LogP contribution in [0.25, 0.3) is 0 Å². The first-order valence-corrected chi connectivity index (χ1v) is 7.65. The van der Waals surface area contributed by atoms with Gasteiger partial charge in [0.1, 0.15) is 0 Å². The number of likely N-dealkylation sites (tertiary alicyclic amines) is 1. The molecule has 0 saturated carbocycles. The van der Waals surface area contributed by atoms with Gasteiger partial charge in [-0.3, -0.25) is 0 Å². The molecule has 1 aliphatic heterocycles. The third kappa shape index (κ3) is 7.34. The number of nitrogens with one attached hydrogen (secondary N) is 1. The minimum Gasteiger partial charge on any atom is -0.382 e. The van der Waals surface area contributed by atoms with Crippen LogP contribution in [-0.4, -0.2) is 50.8 Å². The van der Waals surface area contributed by atoms with E-state index in [2.05, 4.69) is 31.0 Å². The molecule has 1 rings (SSSR count). The van der Waals surface area contributed by atoms with Crippen molar-refractivity contribution in [3.63, 3.8) is 0 Å². The fraction of sp³-hybridized carbons (Fsp3) is 1.00. The number of nitrogens with zero attached hydrogens (tertiary/aromatic N) is 1. The summed E-state index contributed by atoms with van der Waals surface area (Å²) >= 11 is 0. The van der Waals surface area contributed by atoms with Crippen LogP contribution in [-0.2, 0) is 4.74 Å². The molecule has 108 valence electrons. The summed E-state index contributed by atoms with van der Waals surface area (Å²) in [6.07, 6.45) is 5.11. The molecule has 0 aromatic carbocycles. The van der Waals surface area contributed by atoms with E-state index in [0.29, 0.717) is 5.41 Å². The summed E-state index contributed by atoms with van der Waals surface area (Å²) in [6.45, 7) is 14.6. The molecule has 3 heteroatoms. The predicted molar refractivity (Wildman–Crippen MR) is 78.1 cm³/mol. The van der Waals surface area contributed by atoms with Gasteiger partial charge in [-0.15, -0.1) is 0 Å². The molecule has 0 aliphatic carbocycles. The maximum Gasteiger partial charge on any atom is 0.0466 e. The van der Waals surface area contributed by atoms with Crippen molar-refractivity contribution < 1.29 is 4.74 Å². The van der Waals surface area contributed by atoms with Crippen LogP contribution in [0.4, 0.5) is 0 Å². The Morgan fingerprint density at radius 1 is 1.11 bits per heavy atom. The van der Waals surface area contributed by atoms with E-state index < -0.39 is 0 Å². The third-order valence-electron chi connectivity index (χ3n) is 3.91. The SMILES string of the molecule is CCOCCCCNCCN1CCC(C)(C)CC1. The number of hydrogen-bond acceptors (Lipinski definition) is 3.